The minimum atomic E-state index is -1.18. The molecule has 8 heteroatoms. The molecule has 28 heavy (non-hydrogen) atoms. The van der Waals surface area contributed by atoms with Crippen LogP contribution in [0.15, 0.2) is 55.1 Å². The first-order chi connectivity index (χ1) is 13.4. The van der Waals surface area contributed by atoms with E-state index in [1.807, 2.05) is 19.2 Å². The van der Waals surface area contributed by atoms with Gasteiger partial charge in [0.05, 0.1) is 12.0 Å². The second-order valence-corrected chi connectivity index (χ2v) is 6.76. The van der Waals surface area contributed by atoms with Gasteiger partial charge in [0.1, 0.15) is 17.4 Å². The fourth-order valence-electron chi connectivity index (χ4n) is 3.54. The molecule has 4 rings (SSSR count). The number of hydrogen-bond donors (Lipinski definition) is 2. The number of carbonyl (C=O) groups excluding carboxylic acids is 2. The Kier molecular flexibility index (Phi) is 4.03. The van der Waals surface area contributed by atoms with Crippen molar-refractivity contribution in [1.82, 2.24) is 19.5 Å². The molecule has 1 atom stereocenters. The Balaban J connectivity index is 1.83. The highest BCUT2D eigenvalue weighted by molar-refractivity contribution is 5.96. The van der Waals surface area contributed by atoms with Crippen molar-refractivity contribution in [3.05, 3.63) is 72.0 Å². The van der Waals surface area contributed by atoms with Gasteiger partial charge in [0.25, 0.3) is 0 Å². The van der Waals surface area contributed by atoms with Gasteiger partial charge < -0.3 is 16.0 Å². The van der Waals surface area contributed by atoms with Crippen molar-refractivity contribution in [2.24, 2.45) is 18.5 Å². The Bertz CT molecular complexity index is 1130. The number of aromatic nitrogens is 4. The van der Waals surface area contributed by atoms with Gasteiger partial charge in [-0.25, -0.2) is 15.0 Å². The molecule has 3 aliphatic rings. The molecule has 1 aliphatic carbocycles. The van der Waals surface area contributed by atoms with E-state index in [-0.39, 0.29) is 6.42 Å². The zero-order valence-electron chi connectivity index (χ0n) is 15.2. The molecule has 2 aliphatic heterocycles. The van der Waals surface area contributed by atoms with Crippen molar-refractivity contribution in [2.45, 2.75) is 11.8 Å². The van der Waals surface area contributed by atoms with Crippen LogP contribution in [0.1, 0.15) is 28.0 Å². The third-order valence-corrected chi connectivity index (χ3v) is 5.02. The number of primary amides is 2. The number of hydrogen-bond acceptors (Lipinski definition) is 5. The molecule has 2 heterocycles. The fraction of sp³-hybridized carbons (Fsp3) is 0.150. The van der Waals surface area contributed by atoms with Crippen LogP contribution in [0.5, 0.6) is 0 Å². The molecule has 2 amide bonds. The van der Waals surface area contributed by atoms with Crippen LogP contribution in [0.3, 0.4) is 0 Å². The van der Waals surface area contributed by atoms with Gasteiger partial charge in [0, 0.05) is 12.6 Å². The minimum absolute atomic E-state index is 0.281. The van der Waals surface area contributed by atoms with Gasteiger partial charge >= 0.3 is 0 Å². The summed E-state index contributed by atoms with van der Waals surface area (Å²) in [5.74, 6) is -0.433. The molecule has 0 spiro atoms. The average Bonchev–Trinajstić information content (AvgIpc) is 3.19. The molecular formula is C20H18N6O2. The zero-order chi connectivity index (χ0) is 19.9. The maximum absolute atomic E-state index is 12.7. The minimum Gasteiger partial charge on any atom is -0.369 e. The molecule has 140 valence electrons. The van der Waals surface area contributed by atoms with Gasteiger partial charge in [-0.2, -0.15) is 0 Å². The van der Waals surface area contributed by atoms with Gasteiger partial charge in [0.2, 0.25) is 11.8 Å². The molecular weight excluding hydrogens is 356 g/mol. The normalized spacial score (nSPS) is 18.8. The predicted octanol–water partition coefficient (Wildman–Crippen LogP) is 1.18. The zero-order valence-corrected chi connectivity index (χ0v) is 15.2. The molecule has 0 saturated carbocycles. The molecule has 0 aromatic heterocycles. The Morgan fingerprint density at radius 3 is 2.75 bits per heavy atom. The second kappa shape index (κ2) is 6.41. The summed E-state index contributed by atoms with van der Waals surface area (Å²) >= 11 is 0. The standard InChI is InChI=1S/C20H18N6O2/c1-26-11-25-16(15-18(26)24-10-23-15)20(19(22)28)7-3-6-14(9-20)12-4-2-5-13(8-12)17(21)27/h2-8,10-11H,9H2,1H3,(H2,21,27)(H2,22,28). The van der Waals surface area contributed by atoms with Gasteiger partial charge in [-0.05, 0) is 29.7 Å². The van der Waals surface area contributed by atoms with Crippen LogP contribution < -0.4 is 11.5 Å². The van der Waals surface area contributed by atoms with E-state index in [1.54, 1.807) is 41.2 Å². The first kappa shape index (κ1) is 17.6. The number of carbonyl (C=O) groups is 2. The lowest BCUT2D eigenvalue weighted by Crippen LogP contribution is -2.42. The summed E-state index contributed by atoms with van der Waals surface area (Å²) in [6.45, 7) is 0. The van der Waals surface area contributed by atoms with E-state index in [0.29, 0.717) is 22.8 Å². The van der Waals surface area contributed by atoms with Crippen molar-refractivity contribution >= 4 is 17.4 Å². The molecule has 1 unspecified atom stereocenters. The second-order valence-electron chi connectivity index (χ2n) is 6.76. The van der Waals surface area contributed by atoms with Gasteiger partial charge in [-0.3, -0.25) is 9.59 Å². The Morgan fingerprint density at radius 1 is 1.18 bits per heavy atom. The Hall–Kier alpha value is -3.81. The summed E-state index contributed by atoms with van der Waals surface area (Å²) in [5.41, 5.74) is 13.1. The molecule has 0 saturated heterocycles. The van der Waals surface area contributed by atoms with Crippen LogP contribution in [0.4, 0.5) is 0 Å². The number of nitrogens with zero attached hydrogens (tertiary/aromatic N) is 4. The Morgan fingerprint density at radius 2 is 2.00 bits per heavy atom. The number of nitrogens with two attached hydrogens (primary N) is 2. The van der Waals surface area contributed by atoms with Crippen LogP contribution >= 0.6 is 0 Å². The lowest BCUT2D eigenvalue weighted by atomic mass is 9.72. The molecule has 1 aromatic rings. The number of amides is 2. The topological polar surface area (TPSA) is 130 Å². The van der Waals surface area contributed by atoms with E-state index in [4.69, 9.17) is 11.5 Å². The number of allylic oxidation sites excluding steroid dienone is 3. The quantitative estimate of drug-likeness (QED) is 0.708. The lowest BCUT2D eigenvalue weighted by Gasteiger charge is -2.31. The highest BCUT2D eigenvalue weighted by atomic mass is 16.1. The lowest BCUT2D eigenvalue weighted by molar-refractivity contribution is -0.121. The van der Waals surface area contributed by atoms with Crippen molar-refractivity contribution in [1.29, 1.82) is 0 Å². The number of imidazole rings is 1. The van der Waals surface area contributed by atoms with Crippen molar-refractivity contribution < 1.29 is 9.59 Å². The third kappa shape index (κ3) is 2.66. The number of benzene rings is 1. The van der Waals surface area contributed by atoms with E-state index in [0.717, 1.165) is 11.1 Å². The summed E-state index contributed by atoms with van der Waals surface area (Å²) in [6, 6.07) is 6.96. The fourth-order valence-corrected chi connectivity index (χ4v) is 3.54. The molecule has 0 bridgehead atoms. The largest absolute Gasteiger partial charge is 0.369 e. The third-order valence-electron chi connectivity index (χ3n) is 5.02. The van der Waals surface area contributed by atoms with Crippen LogP contribution in [-0.4, -0.2) is 31.3 Å². The van der Waals surface area contributed by atoms with Crippen LogP contribution in [0.2, 0.25) is 0 Å². The number of fused-ring (bicyclic) bond motifs is 1. The summed E-state index contributed by atoms with van der Waals surface area (Å²) in [5, 5.41) is 0. The van der Waals surface area contributed by atoms with Crippen LogP contribution in [-0.2, 0) is 17.3 Å². The van der Waals surface area contributed by atoms with E-state index < -0.39 is 17.2 Å². The van der Waals surface area contributed by atoms with E-state index in [1.165, 1.54) is 6.33 Å². The van der Waals surface area contributed by atoms with Crippen molar-refractivity contribution in [3.8, 4) is 11.5 Å². The van der Waals surface area contributed by atoms with E-state index >= 15 is 0 Å². The van der Waals surface area contributed by atoms with E-state index in [9.17, 15) is 9.59 Å². The highest BCUT2D eigenvalue weighted by Gasteiger charge is 2.43. The highest BCUT2D eigenvalue weighted by Crippen LogP contribution is 2.41. The molecule has 4 N–H and O–H groups in total. The SMILES string of the molecule is Cn1cnc(C2(C(N)=O)C=CC=C(c3cccc(C(N)=O)c3)C2)c2ncnc1-2. The average molecular weight is 374 g/mol. The molecule has 8 nitrogen and oxygen atoms in total. The van der Waals surface area contributed by atoms with Gasteiger partial charge in [-0.1, -0.05) is 30.4 Å². The van der Waals surface area contributed by atoms with Crippen molar-refractivity contribution in [2.75, 3.05) is 0 Å². The summed E-state index contributed by atoms with van der Waals surface area (Å²) in [7, 11) is 1.81. The Labute approximate surface area is 161 Å². The van der Waals surface area contributed by atoms with Crippen LogP contribution in [0.25, 0.3) is 17.1 Å². The van der Waals surface area contributed by atoms with Gasteiger partial charge in [-0.15, -0.1) is 0 Å². The number of aryl methyl sites for hydroxylation is 1. The maximum Gasteiger partial charge on any atom is 0.248 e. The summed E-state index contributed by atoms with van der Waals surface area (Å²) in [6.07, 6.45) is 8.72. The summed E-state index contributed by atoms with van der Waals surface area (Å²) < 4.78 is 1.74. The van der Waals surface area contributed by atoms with Gasteiger partial charge in [0.15, 0.2) is 5.82 Å². The smallest absolute Gasteiger partial charge is 0.248 e. The maximum atomic E-state index is 12.7. The molecule has 0 fully saturated rings. The first-order valence-electron chi connectivity index (χ1n) is 8.63. The summed E-state index contributed by atoms with van der Waals surface area (Å²) in [4.78, 5) is 37.2. The van der Waals surface area contributed by atoms with Crippen LogP contribution in [0, 0.1) is 0 Å². The van der Waals surface area contributed by atoms with Crippen molar-refractivity contribution in [3.63, 3.8) is 0 Å². The predicted molar refractivity (Wildman–Crippen MR) is 103 cm³/mol. The monoisotopic (exact) mass is 374 g/mol. The molecule has 1 aromatic carbocycles. The van der Waals surface area contributed by atoms with E-state index in [2.05, 4.69) is 15.0 Å². The molecule has 0 radical (unpaired) electrons. The first-order valence-corrected chi connectivity index (χ1v) is 8.63. The number of rotatable bonds is 4.